The van der Waals surface area contributed by atoms with Gasteiger partial charge in [-0.25, -0.2) is 4.79 Å². The van der Waals surface area contributed by atoms with E-state index in [1.807, 2.05) is 13.8 Å². The highest BCUT2D eigenvalue weighted by Gasteiger charge is 2.37. The van der Waals surface area contributed by atoms with Gasteiger partial charge in [0.05, 0.1) is 18.6 Å². The number of likely N-dealkylation sites (tertiary alicyclic amines) is 1. The van der Waals surface area contributed by atoms with Crippen molar-refractivity contribution in [3.05, 3.63) is 0 Å². The van der Waals surface area contributed by atoms with Gasteiger partial charge in [-0.05, 0) is 26.2 Å². The molecule has 2 heterocycles. The van der Waals surface area contributed by atoms with E-state index in [4.69, 9.17) is 9.84 Å². The number of hydrogen-bond acceptors (Lipinski definition) is 4. The van der Waals surface area contributed by atoms with Gasteiger partial charge in [-0.15, -0.1) is 0 Å². The topological polar surface area (TPSA) is 87.2 Å². The monoisotopic (exact) mass is 340 g/mol. The van der Waals surface area contributed by atoms with E-state index < -0.39 is 12.1 Å². The van der Waals surface area contributed by atoms with Gasteiger partial charge < -0.3 is 19.6 Å². The normalized spacial score (nSPS) is 29.2. The van der Waals surface area contributed by atoms with E-state index in [-0.39, 0.29) is 36.3 Å². The number of rotatable bonds is 4. The van der Waals surface area contributed by atoms with Gasteiger partial charge in [0.2, 0.25) is 11.8 Å². The van der Waals surface area contributed by atoms with E-state index in [0.29, 0.717) is 19.6 Å². The summed E-state index contributed by atoms with van der Waals surface area (Å²) < 4.78 is 5.36. The first-order valence-electron chi connectivity index (χ1n) is 8.79. The molecule has 0 aromatic carbocycles. The third kappa shape index (κ3) is 4.26. The summed E-state index contributed by atoms with van der Waals surface area (Å²) in [6.07, 6.45) is 1.06. The van der Waals surface area contributed by atoms with Gasteiger partial charge in [-0.1, -0.05) is 13.8 Å². The molecule has 0 saturated carbocycles. The van der Waals surface area contributed by atoms with Crippen LogP contribution in [0.2, 0.25) is 0 Å². The average molecular weight is 340 g/mol. The standard InChI is InChI=1S/C17H28N2O5/c1-4-11(2)15(20)18-7-5-6-13(9-18)16(21)19-8-12(3)24-14(10-19)17(22)23/h11-14H,4-10H2,1-3H3,(H,22,23)/t11?,12-,13?,14?/m1/s1. The number of nitrogens with zero attached hydrogens (tertiary/aromatic N) is 2. The smallest absolute Gasteiger partial charge is 0.334 e. The first-order chi connectivity index (χ1) is 11.3. The number of amides is 2. The third-order valence-corrected chi connectivity index (χ3v) is 4.96. The highest BCUT2D eigenvalue weighted by molar-refractivity contribution is 5.83. The molecular weight excluding hydrogens is 312 g/mol. The van der Waals surface area contributed by atoms with Crippen molar-refractivity contribution in [2.75, 3.05) is 26.2 Å². The largest absolute Gasteiger partial charge is 0.479 e. The Balaban J connectivity index is 2.00. The van der Waals surface area contributed by atoms with Crippen LogP contribution in [0.3, 0.4) is 0 Å². The van der Waals surface area contributed by atoms with Crippen molar-refractivity contribution in [3.8, 4) is 0 Å². The predicted octanol–water partition coefficient (Wildman–Crippen LogP) is 0.972. The van der Waals surface area contributed by atoms with Crippen LogP contribution < -0.4 is 0 Å². The van der Waals surface area contributed by atoms with Crippen LogP contribution in [0, 0.1) is 11.8 Å². The Bertz CT molecular complexity index is 495. The molecule has 2 saturated heterocycles. The van der Waals surface area contributed by atoms with Gasteiger partial charge in [-0.2, -0.15) is 0 Å². The van der Waals surface area contributed by atoms with Gasteiger partial charge >= 0.3 is 5.97 Å². The summed E-state index contributed by atoms with van der Waals surface area (Å²) in [5.41, 5.74) is 0. The van der Waals surface area contributed by atoms with Crippen LogP contribution in [0.5, 0.6) is 0 Å². The lowest BCUT2D eigenvalue weighted by atomic mass is 9.94. The predicted molar refractivity (Wildman–Crippen MR) is 87.3 cm³/mol. The van der Waals surface area contributed by atoms with E-state index in [1.165, 1.54) is 0 Å². The Hall–Kier alpha value is -1.63. The summed E-state index contributed by atoms with van der Waals surface area (Å²) in [5.74, 6) is -1.27. The zero-order valence-electron chi connectivity index (χ0n) is 14.7. The second kappa shape index (κ2) is 7.96. The van der Waals surface area contributed by atoms with E-state index in [2.05, 4.69) is 0 Å². The van der Waals surface area contributed by atoms with Crippen molar-refractivity contribution < 1.29 is 24.2 Å². The van der Waals surface area contributed by atoms with E-state index >= 15 is 0 Å². The Labute approximate surface area is 142 Å². The third-order valence-electron chi connectivity index (χ3n) is 4.96. The molecule has 136 valence electrons. The maximum Gasteiger partial charge on any atom is 0.334 e. The van der Waals surface area contributed by atoms with Crippen molar-refractivity contribution in [2.45, 2.75) is 52.2 Å². The summed E-state index contributed by atoms with van der Waals surface area (Å²) in [7, 11) is 0. The summed E-state index contributed by atoms with van der Waals surface area (Å²) in [5, 5.41) is 9.15. The highest BCUT2D eigenvalue weighted by atomic mass is 16.5. The molecule has 0 bridgehead atoms. The first-order valence-corrected chi connectivity index (χ1v) is 8.79. The van der Waals surface area contributed by atoms with E-state index in [1.54, 1.807) is 16.7 Å². The zero-order valence-corrected chi connectivity index (χ0v) is 14.7. The van der Waals surface area contributed by atoms with Crippen molar-refractivity contribution in [1.82, 2.24) is 9.80 Å². The number of morpholine rings is 1. The van der Waals surface area contributed by atoms with Gasteiger partial charge in [-0.3, -0.25) is 9.59 Å². The minimum atomic E-state index is -1.04. The summed E-state index contributed by atoms with van der Waals surface area (Å²) in [6, 6.07) is 0. The molecule has 3 unspecified atom stereocenters. The molecule has 2 amide bonds. The Morgan fingerprint density at radius 3 is 2.54 bits per heavy atom. The van der Waals surface area contributed by atoms with Crippen LogP contribution in [0.1, 0.15) is 40.0 Å². The Morgan fingerprint density at radius 2 is 1.92 bits per heavy atom. The Morgan fingerprint density at radius 1 is 1.21 bits per heavy atom. The molecule has 24 heavy (non-hydrogen) atoms. The number of carbonyl (C=O) groups excluding carboxylic acids is 2. The molecule has 1 N–H and O–H groups in total. The summed E-state index contributed by atoms with van der Waals surface area (Å²) >= 11 is 0. The van der Waals surface area contributed by atoms with Crippen molar-refractivity contribution in [3.63, 3.8) is 0 Å². The van der Waals surface area contributed by atoms with Gasteiger partial charge in [0, 0.05) is 25.6 Å². The molecule has 0 aromatic heterocycles. The van der Waals surface area contributed by atoms with Gasteiger partial charge in [0.1, 0.15) is 0 Å². The molecule has 2 rings (SSSR count). The molecular formula is C17H28N2O5. The molecule has 2 fully saturated rings. The Kier molecular flexibility index (Phi) is 6.21. The molecule has 4 atom stereocenters. The highest BCUT2D eigenvalue weighted by Crippen LogP contribution is 2.23. The van der Waals surface area contributed by atoms with Crippen molar-refractivity contribution in [1.29, 1.82) is 0 Å². The number of ether oxygens (including phenoxy) is 1. The van der Waals surface area contributed by atoms with Crippen LogP contribution in [-0.2, 0) is 19.1 Å². The minimum Gasteiger partial charge on any atom is -0.479 e. The molecule has 0 radical (unpaired) electrons. The quantitative estimate of drug-likeness (QED) is 0.824. The summed E-state index contributed by atoms with van der Waals surface area (Å²) in [4.78, 5) is 39.7. The zero-order chi connectivity index (χ0) is 17.9. The fourth-order valence-corrected chi connectivity index (χ4v) is 3.39. The number of carbonyl (C=O) groups is 3. The molecule has 7 heteroatoms. The van der Waals surface area contributed by atoms with Crippen LogP contribution in [-0.4, -0.2) is 71.1 Å². The maximum absolute atomic E-state index is 12.8. The number of aliphatic carboxylic acids is 1. The maximum atomic E-state index is 12.8. The van der Waals surface area contributed by atoms with Gasteiger partial charge in [0.15, 0.2) is 6.10 Å². The lowest BCUT2D eigenvalue weighted by molar-refractivity contribution is -0.168. The number of piperidine rings is 1. The lowest BCUT2D eigenvalue weighted by Crippen LogP contribution is -2.55. The number of hydrogen-bond donors (Lipinski definition) is 1. The molecule has 0 aromatic rings. The molecule has 0 aliphatic carbocycles. The number of carboxylic acid groups (broad SMARTS) is 1. The second-order valence-corrected chi connectivity index (χ2v) is 6.95. The average Bonchev–Trinajstić information content (AvgIpc) is 2.59. The lowest BCUT2D eigenvalue weighted by Gasteiger charge is -2.39. The first kappa shape index (κ1) is 18.7. The van der Waals surface area contributed by atoms with E-state index in [9.17, 15) is 14.4 Å². The SMILES string of the molecule is CCC(C)C(=O)N1CCCC(C(=O)N2CC(C(=O)O)O[C@H](C)C2)C1. The van der Waals surface area contributed by atoms with Crippen molar-refractivity contribution >= 4 is 17.8 Å². The number of carboxylic acids is 1. The van der Waals surface area contributed by atoms with Gasteiger partial charge in [0.25, 0.3) is 0 Å². The fraction of sp³-hybridized carbons (Fsp3) is 0.824. The van der Waals surface area contributed by atoms with Crippen LogP contribution in [0.25, 0.3) is 0 Å². The van der Waals surface area contributed by atoms with Crippen LogP contribution in [0.15, 0.2) is 0 Å². The molecule has 2 aliphatic heterocycles. The fourth-order valence-electron chi connectivity index (χ4n) is 3.39. The van der Waals surface area contributed by atoms with E-state index in [0.717, 1.165) is 19.3 Å². The van der Waals surface area contributed by atoms with Crippen molar-refractivity contribution in [2.24, 2.45) is 11.8 Å². The molecule has 2 aliphatic rings. The summed E-state index contributed by atoms with van der Waals surface area (Å²) in [6.45, 7) is 7.28. The molecule has 7 nitrogen and oxygen atoms in total. The van der Waals surface area contributed by atoms with Crippen LogP contribution >= 0.6 is 0 Å². The minimum absolute atomic E-state index is 0.0290. The molecule has 0 spiro atoms. The van der Waals surface area contributed by atoms with Crippen LogP contribution in [0.4, 0.5) is 0 Å². The second-order valence-electron chi connectivity index (χ2n) is 6.95.